The van der Waals surface area contributed by atoms with Gasteiger partial charge in [-0.2, -0.15) is 0 Å². The van der Waals surface area contributed by atoms with Crippen molar-refractivity contribution in [2.75, 3.05) is 6.54 Å². The third kappa shape index (κ3) is 3.84. The van der Waals surface area contributed by atoms with Gasteiger partial charge in [0.05, 0.1) is 0 Å². The molecule has 1 unspecified atom stereocenters. The molecule has 0 bridgehead atoms. The lowest BCUT2D eigenvalue weighted by Crippen LogP contribution is -2.44. The first-order chi connectivity index (χ1) is 10.0. The quantitative estimate of drug-likeness (QED) is 0.924. The van der Waals surface area contributed by atoms with Crippen LogP contribution < -0.4 is 5.32 Å². The van der Waals surface area contributed by atoms with Crippen LogP contribution in [-0.2, 0) is 16.1 Å². The Balaban J connectivity index is 2.14. The average Bonchev–Trinajstić information content (AvgIpc) is 2.57. The molecule has 2 rings (SSSR count). The number of nitrogens with zero attached hydrogens (tertiary/aromatic N) is 1. The molecular weight excluding hydrogens is 264 g/mol. The van der Waals surface area contributed by atoms with E-state index in [2.05, 4.69) is 37.4 Å². The van der Waals surface area contributed by atoms with Gasteiger partial charge in [-0.15, -0.1) is 0 Å². The zero-order valence-corrected chi connectivity index (χ0v) is 13.1. The fraction of sp³-hybridized carbons (Fsp3) is 0.529. The van der Waals surface area contributed by atoms with Gasteiger partial charge in [0.15, 0.2) is 0 Å². The number of hydrogen-bond donors (Lipinski definition) is 1. The van der Waals surface area contributed by atoms with Crippen LogP contribution in [0.2, 0.25) is 0 Å². The molecule has 1 aliphatic rings. The molecule has 1 saturated heterocycles. The summed E-state index contributed by atoms with van der Waals surface area (Å²) in [6, 6.07) is 5.90. The molecule has 0 aromatic heterocycles. The smallest absolute Gasteiger partial charge is 0.245 e. The molecule has 1 aromatic rings. The van der Waals surface area contributed by atoms with Crippen LogP contribution in [0.4, 0.5) is 0 Å². The first-order valence-electron chi connectivity index (χ1n) is 7.65. The standard InChI is InChI=1S/C17H24N2O2/c1-4-5-15-17(21)19(9-8-16(20)18-15)11-14-7-6-12(2)13(3)10-14/h6-7,10,15H,4-5,8-9,11H2,1-3H3,(H,18,20). The molecule has 1 aliphatic heterocycles. The molecule has 1 heterocycles. The first-order valence-corrected chi connectivity index (χ1v) is 7.65. The van der Waals surface area contributed by atoms with Gasteiger partial charge < -0.3 is 10.2 Å². The number of carbonyl (C=O) groups is 2. The van der Waals surface area contributed by atoms with E-state index in [4.69, 9.17) is 0 Å². The summed E-state index contributed by atoms with van der Waals surface area (Å²) in [6.45, 7) is 7.26. The lowest BCUT2D eigenvalue weighted by atomic mass is 10.1. The molecular formula is C17H24N2O2. The van der Waals surface area contributed by atoms with E-state index >= 15 is 0 Å². The van der Waals surface area contributed by atoms with E-state index in [0.29, 0.717) is 25.9 Å². The van der Waals surface area contributed by atoms with Gasteiger partial charge in [0.1, 0.15) is 6.04 Å². The predicted octanol–water partition coefficient (Wildman–Crippen LogP) is 2.32. The summed E-state index contributed by atoms with van der Waals surface area (Å²) < 4.78 is 0. The molecule has 0 radical (unpaired) electrons. The second-order valence-corrected chi connectivity index (χ2v) is 5.84. The van der Waals surface area contributed by atoms with E-state index in [0.717, 1.165) is 12.0 Å². The van der Waals surface area contributed by atoms with Crippen LogP contribution in [0.3, 0.4) is 0 Å². The Hall–Kier alpha value is -1.84. The van der Waals surface area contributed by atoms with Gasteiger partial charge in [-0.05, 0) is 37.0 Å². The van der Waals surface area contributed by atoms with Crippen LogP contribution in [0, 0.1) is 13.8 Å². The second kappa shape index (κ2) is 6.74. The molecule has 4 nitrogen and oxygen atoms in total. The largest absolute Gasteiger partial charge is 0.344 e. The van der Waals surface area contributed by atoms with E-state index in [9.17, 15) is 9.59 Å². The van der Waals surface area contributed by atoms with Crippen molar-refractivity contribution in [2.24, 2.45) is 0 Å². The Labute approximate surface area is 126 Å². The Kier molecular flexibility index (Phi) is 4.99. The molecule has 21 heavy (non-hydrogen) atoms. The minimum atomic E-state index is -0.364. The van der Waals surface area contributed by atoms with Crippen molar-refractivity contribution in [3.05, 3.63) is 34.9 Å². The third-order valence-corrected chi connectivity index (χ3v) is 4.08. The SMILES string of the molecule is CCCC1NC(=O)CCN(Cc2ccc(C)c(C)c2)C1=O. The Morgan fingerprint density at radius 3 is 2.67 bits per heavy atom. The summed E-state index contributed by atoms with van der Waals surface area (Å²) in [7, 11) is 0. The van der Waals surface area contributed by atoms with E-state index in [1.807, 2.05) is 11.8 Å². The van der Waals surface area contributed by atoms with Crippen LogP contribution in [0.1, 0.15) is 42.9 Å². The minimum Gasteiger partial charge on any atom is -0.344 e. The zero-order chi connectivity index (χ0) is 15.4. The van der Waals surface area contributed by atoms with Crippen molar-refractivity contribution in [3.63, 3.8) is 0 Å². The van der Waals surface area contributed by atoms with Crippen molar-refractivity contribution < 1.29 is 9.59 Å². The second-order valence-electron chi connectivity index (χ2n) is 5.84. The molecule has 0 spiro atoms. The van der Waals surface area contributed by atoms with Gasteiger partial charge >= 0.3 is 0 Å². The summed E-state index contributed by atoms with van der Waals surface area (Å²) in [4.78, 5) is 26.1. The zero-order valence-electron chi connectivity index (χ0n) is 13.1. The number of rotatable bonds is 4. The Morgan fingerprint density at radius 2 is 2.00 bits per heavy atom. The molecule has 0 aliphatic carbocycles. The maximum Gasteiger partial charge on any atom is 0.245 e. The lowest BCUT2D eigenvalue weighted by molar-refractivity contribution is -0.134. The molecule has 114 valence electrons. The van der Waals surface area contributed by atoms with Crippen LogP contribution in [0.15, 0.2) is 18.2 Å². The summed E-state index contributed by atoms with van der Waals surface area (Å²) in [5, 5.41) is 2.84. The van der Waals surface area contributed by atoms with Gasteiger partial charge in [0.25, 0.3) is 0 Å². The highest BCUT2D eigenvalue weighted by Gasteiger charge is 2.28. The third-order valence-electron chi connectivity index (χ3n) is 4.08. The highest BCUT2D eigenvalue weighted by atomic mass is 16.2. The summed E-state index contributed by atoms with van der Waals surface area (Å²) in [5.41, 5.74) is 3.60. The number of hydrogen-bond acceptors (Lipinski definition) is 2. The normalized spacial score (nSPS) is 19.4. The fourth-order valence-electron chi connectivity index (χ4n) is 2.66. The highest BCUT2D eigenvalue weighted by Crippen LogP contribution is 2.15. The van der Waals surface area contributed by atoms with E-state index in [1.165, 1.54) is 11.1 Å². The van der Waals surface area contributed by atoms with E-state index in [-0.39, 0.29) is 17.9 Å². The van der Waals surface area contributed by atoms with E-state index < -0.39 is 0 Å². The number of aryl methyl sites for hydroxylation is 2. The first kappa shape index (κ1) is 15.5. The summed E-state index contributed by atoms with van der Waals surface area (Å²) >= 11 is 0. The number of amides is 2. The van der Waals surface area contributed by atoms with Gasteiger partial charge in [-0.25, -0.2) is 0 Å². The highest BCUT2D eigenvalue weighted by molar-refractivity contribution is 5.89. The van der Waals surface area contributed by atoms with Gasteiger partial charge in [-0.3, -0.25) is 9.59 Å². The molecule has 4 heteroatoms. The fourth-order valence-corrected chi connectivity index (χ4v) is 2.66. The summed E-state index contributed by atoms with van der Waals surface area (Å²) in [5.74, 6) is 0.0188. The molecule has 0 saturated carbocycles. The summed E-state index contributed by atoms with van der Waals surface area (Å²) in [6.07, 6.45) is 1.97. The van der Waals surface area contributed by atoms with Crippen LogP contribution >= 0.6 is 0 Å². The van der Waals surface area contributed by atoms with Gasteiger partial charge in [0, 0.05) is 19.5 Å². The number of benzene rings is 1. The van der Waals surface area contributed by atoms with Crippen molar-refractivity contribution in [1.29, 1.82) is 0 Å². The Bertz CT molecular complexity index is 540. The average molecular weight is 288 g/mol. The number of carbonyl (C=O) groups excluding carboxylic acids is 2. The van der Waals surface area contributed by atoms with Crippen LogP contribution in [0.5, 0.6) is 0 Å². The van der Waals surface area contributed by atoms with Crippen molar-refractivity contribution in [3.8, 4) is 0 Å². The maximum atomic E-state index is 12.5. The minimum absolute atomic E-state index is 0.0237. The predicted molar refractivity (Wildman–Crippen MR) is 82.8 cm³/mol. The number of nitrogens with one attached hydrogen (secondary N) is 1. The Morgan fingerprint density at radius 1 is 1.24 bits per heavy atom. The molecule has 1 fully saturated rings. The molecule has 1 aromatic carbocycles. The maximum absolute atomic E-state index is 12.5. The topological polar surface area (TPSA) is 49.4 Å². The van der Waals surface area contributed by atoms with Gasteiger partial charge in [0.2, 0.25) is 11.8 Å². The molecule has 1 N–H and O–H groups in total. The molecule has 1 atom stereocenters. The monoisotopic (exact) mass is 288 g/mol. The van der Waals surface area contributed by atoms with Crippen molar-refractivity contribution in [1.82, 2.24) is 10.2 Å². The van der Waals surface area contributed by atoms with Crippen LogP contribution in [0.25, 0.3) is 0 Å². The van der Waals surface area contributed by atoms with Crippen molar-refractivity contribution in [2.45, 2.75) is 52.6 Å². The van der Waals surface area contributed by atoms with E-state index in [1.54, 1.807) is 0 Å². The van der Waals surface area contributed by atoms with Gasteiger partial charge in [-0.1, -0.05) is 31.5 Å². The van der Waals surface area contributed by atoms with Crippen LogP contribution in [-0.4, -0.2) is 29.3 Å². The lowest BCUT2D eigenvalue weighted by Gasteiger charge is -2.24. The van der Waals surface area contributed by atoms with Crippen molar-refractivity contribution >= 4 is 11.8 Å². The molecule has 2 amide bonds.